The van der Waals surface area contributed by atoms with E-state index >= 15 is 0 Å². The summed E-state index contributed by atoms with van der Waals surface area (Å²) in [7, 11) is 0. The minimum atomic E-state index is 0.0762. The molecule has 20 heavy (non-hydrogen) atoms. The van der Waals surface area contributed by atoms with Gasteiger partial charge in [0.05, 0.1) is 15.8 Å². The molecule has 1 amide bonds. The molecule has 1 N–H and O–H groups in total. The molecule has 1 aromatic heterocycles. The van der Waals surface area contributed by atoms with Crippen LogP contribution < -0.4 is 4.90 Å². The van der Waals surface area contributed by atoms with Crippen LogP contribution in [-0.4, -0.2) is 15.4 Å². The summed E-state index contributed by atoms with van der Waals surface area (Å²) in [5.41, 5.74) is 6.06. The number of aryl methyl sites for hydroxylation is 2. The van der Waals surface area contributed by atoms with Crippen molar-refractivity contribution in [2.45, 2.75) is 13.8 Å². The zero-order valence-corrected chi connectivity index (χ0v) is 13.6. The molecule has 4 heteroatoms. The lowest BCUT2D eigenvalue weighted by molar-refractivity contribution is -0.112. The summed E-state index contributed by atoms with van der Waals surface area (Å²) in [5.74, 6) is 0.0762. The van der Waals surface area contributed by atoms with Crippen molar-refractivity contribution < 1.29 is 4.79 Å². The number of hydrogen-bond donors (Lipinski definition) is 1. The Bertz CT molecular complexity index is 715. The van der Waals surface area contributed by atoms with E-state index in [1.807, 2.05) is 42.2 Å². The van der Waals surface area contributed by atoms with Gasteiger partial charge >= 0.3 is 0 Å². The Kier molecular flexibility index (Phi) is 3.41. The van der Waals surface area contributed by atoms with Crippen LogP contribution >= 0.6 is 22.6 Å². The quantitative estimate of drug-likeness (QED) is 0.366. The van der Waals surface area contributed by atoms with E-state index in [0.717, 1.165) is 33.8 Å². The molecule has 1 aromatic carbocycles. The molecule has 0 aliphatic carbocycles. The number of aromatic nitrogens is 1. The van der Waals surface area contributed by atoms with E-state index in [4.69, 9.17) is 0 Å². The lowest BCUT2D eigenvalue weighted by atomic mass is 10.1. The summed E-state index contributed by atoms with van der Waals surface area (Å²) >= 11 is 2.22. The molecule has 3 nitrogen and oxygen atoms in total. The van der Waals surface area contributed by atoms with Crippen LogP contribution in [0.1, 0.15) is 22.5 Å². The van der Waals surface area contributed by atoms with Crippen LogP contribution in [0, 0.1) is 13.8 Å². The van der Waals surface area contributed by atoms with Crippen molar-refractivity contribution in [3.05, 3.63) is 52.8 Å². The molecule has 1 aliphatic rings. The topological polar surface area (TPSA) is 36.1 Å². The zero-order chi connectivity index (χ0) is 14.3. The first-order valence-electron chi connectivity index (χ1n) is 6.47. The van der Waals surface area contributed by atoms with Gasteiger partial charge in [0.1, 0.15) is 0 Å². The molecule has 0 radical (unpaired) electrons. The van der Waals surface area contributed by atoms with Gasteiger partial charge in [0.2, 0.25) is 0 Å². The van der Waals surface area contributed by atoms with Gasteiger partial charge in [-0.3, -0.25) is 9.69 Å². The number of hydrogen-bond acceptors (Lipinski definition) is 1. The second-order valence-corrected chi connectivity index (χ2v) is 5.66. The van der Waals surface area contributed by atoms with Gasteiger partial charge in [0.15, 0.2) is 0 Å². The summed E-state index contributed by atoms with van der Waals surface area (Å²) in [6, 6.07) is 10.0. The molecule has 102 valence electrons. The highest BCUT2D eigenvalue weighted by Crippen LogP contribution is 2.38. The van der Waals surface area contributed by atoms with Crippen LogP contribution in [0.5, 0.6) is 0 Å². The van der Waals surface area contributed by atoms with Crippen LogP contribution in [0.15, 0.2) is 30.3 Å². The van der Waals surface area contributed by atoms with E-state index in [9.17, 15) is 4.79 Å². The Morgan fingerprint density at radius 3 is 2.70 bits per heavy atom. The first-order valence-corrected chi connectivity index (χ1v) is 7.99. The highest BCUT2D eigenvalue weighted by Gasteiger charge is 2.31. The van der Waals surface area contributed by atoms with Crippen molar-refractivity contribution >= 4 is 45.8 Å². The smallest absolute Gasteiger partial charge is 0.259 e. The fraction of sp³-hybridized carbons (Fsp3) is 0.188. The fourth-order valence-electron chi connectivity index (χ4n) is 2.61. The number of rotatable bonds is 2. The monoisotopic (exact) mass is 378 g/mol. The molecule has 2 aromatic rings. The lowest BCUT2D eigenvalue weighted by Gasteiger charge is -2.12. The number of benzene rings is 1. The summed E-state index contributed by atoms with van der Waals surface area (Å²) in [6.45, 7) is 4.08. The molecular formula is C16H15IN2O. The van der Waals surface area contributed by atoms with Gasteiger partial charge in [-0.25, -0.2) is 0 Å². The van der Waals surface area contributed by atoms with Crippen LogP contribution in [0.3, 0.4) is 0 Å². The van der Waals surface area contributed by atoms with Gasteiger partial charge in [-0.15, -0.1) is 0 Å². The first kappa shape index (κ1) is 13.4. The Hall–Kier alpha value is -1.56. The van der Waals surface area contributed by atoms with Crippen LogP contribution in [-0.2, 0) is 4.79 Å². The van der Waals surface area contributed by atoms with Gasteiger partial charge in [-0.2, -0.15) is 0 Å². The Labute approximate surface area is 131 Å². The molecule has 1 aliphatic heterocycles. The average molecular weight is 378 g/mol. The highest BCUT2D eigenvalue weighted by atomic mass is 127. The molecule has 3 rings (SSSR count). The standard InChI is InChI=1S/C16H15IN2O/c1-10-7-11(2)18-14(10)8-13-12-5-3-4-6-15(12)19(9-17)16(13)20/h3-8,18H,9H2,1-2H3. The van der Waals surface area contributed by atoms with Crippen LogP contribution in [0.2, 0.25) is 0 Å². The largest absolute Gasteiger partial charge is 0.359 e. The average Bonchev–Trinajstić information content (AvgIpc) is 2.88. The predicted molar refractivity (Wildman–Crippen MR) is 91.0 cm³/mol. The predicted octanol–water partition coefficient (Wildman–Crippen LogP) is 3.91. The molecule has 0 saturated heterocycles. The van der Waals surface area contributed by atoms with Gasteiger partial charge in [0, 0.05) is 17.0 Å². The van der Waals surface area contributed by atoms with Crippen molar-refractivity contribution in [2.75, 3.05) is 9.45 Å². The number of H-pyrrole nitrogens is 1. The number of aromatic amines is 1. The van der Waals surface area contributed by atoms with E-state index < -0.39 is 0 Å². The first-order chi connectivity index (χ1) is 9.61. The number of carbonyl (C=O) groups excluding carboxylic acids is 1. The van der Waals surface area contributed by atoms with Crippen molar-refractivity contribution in [2.24, 2.45) is 0 Å². The Morgan fingerprint density at radius 2 is 2.05 bits per heavy atom. The molecule has 0 unspecified atom stereocenters. The van der Waals surface area contributed by atoms with E-state index in [1.54, 1.807) is 0 Å². The van der Waals surface area contributed by atoms with E-state index in [1.165, 1.54) is 0 Å². The third-order valence-corrected chi connectivity index (χ3v) is 4.24. The Morgan fingerprint density at radius 1 is 1.30 bits per heavy atom. The summed E-state index contributed by atoms with van der Waals surface area (Å²) < 4.78 is 0.660. The maximum absolute atomic E-state index is 12.6. The van der Waals surface area contributed by atoms with Crippen molar-refractivity contribution in [3.63, 3.8) is 0 Å². The van der Waals surface area contributed by atoms with Gasteiger partial charge < -0.3 is 4.98 Å². The van der Waals surface area contributed by atoms with Gasteiger partial charge in [0.25, 0.3) is 5.91 Å². The highest BCUT2D eigenvalue weighted by molar-refractivity contribution is 14.1. The number of para-hydroxylation sites is 1. The van der Waals surface area contributed by atoms with Crippen LogP contribution in [0.4, 0.5) is 5.69 Å². The molecule has 2 heterocycles. The normalized spacial score (nSPS) is 16.1. The minimum Gasteiger partial charge on any atom is -0.359 e. The number of halogens is 1. The number of fused-ring (bicyclic) bond motifs is 1. The second-order valence-electron chi connectivity index (χ2n) is 4.98. The van der Waals surface area contributed by atoms with E-state index in [0.29, 0.717) is 4.55 Å². The molecule has 0 saturated carbocycles. The van der Waals surface area contributed by atoms with E-state index in [2.05, 4.69) is 40.6 Å². The third kappa shape index (κ3) is 2.08. The number of amides is 1. The minimum absolute atomic E-state index is 0.0762. The molecule has 0 atom stereocenters. The number of nitrogens with one attached hydrogen (secondary N) is 1. The Balaban J connectivity index is 2.15. The number of alkyl halides is 1. The lowest BCUT2D eigenvalue weighted by Crippen LogP contribution is -2.24. The van der Waals surface area contributed by atoms with Gasteiger partial charge in [-0.1, -0.05) is 40.8 Å². The fourth-order valence-corrected chi connectivity index (χ4v) is 3.29. The molecular weight excluding hydrogens is 363 g/mol. The molecule has 0 bridgehead atoms. The summed E-state index contributed by atoms with van der Waals surface area (Å²) in [4.78, 5) is 17.7. The van der Waals surface area contributed by atoms with Gasteiger partial charge in [-0.05, 0) is 37.6 Å². The SMILES string of the molecule is Cc1cc(C)c(C=C2C(=O)N(CI)c3ccccc32)[nH]1. The third-order valence-electron chi connectivity index (χ3n) is 3.56. The molecule has 0 fully saturated rings. The van der Waals surface area contributed by atoms with Crippen LogP contribution in [0.25, 0.3) is 11.6 Å². The zero-order valence-electron chi connectivity index (χ0n) is 11.4. The number of nitrogens with zero attached hydrogens (tertiary/aromatic N) is 1. The van der Waals surface area contributed by atoms with E-state index in [-0.39, 0.29) is 5.91 Å². The summed E-state index contributed by atoms with van der Waals surface area (Å²) in [6.07, 6.45) is 1.97. The number of anilines is 1. The second kappa shape index (κ2) is 5.09. The molecule has 0 spiro atoms. The van der Waals surface area contributed by atoms with Crippen molar-refractivity contribution in [1.29, 1.82) is 0 Å². The maximum Gasteiger partial charge on any atom is 0.259 e. The van der Waals surface area contributed by atoms with Crippen molar-refractivity contribution in [3.8, 4) is 0 Å². The van der Waals surface area contributed by atoms with Crippen molar-refractivity contribution in [1.82, 2.24) is 4.98 Å². The number of carbonyl (C=O) groups is 1. The summed E-state index contributed by atoms with van der Waals surface area (Å²) in [5, 5.41) is 0. The maximum atomic E-state index is 12.6.